The number of rotatable bonds is 6. The van der Waals surface area contributed by atoms with Gasteiger partial charge in [-0.3, -0.25) is 9.69 Å². The molecule has 140 valence electrons. The summed E-state index contributed by atoms with van der Waals surface area (Å²) in [5, 5.41) is 6.76. The molecule has 1 aromatic carbocycles. The van der Waals surface area contributed by atoms with Crippen molar-refractivity contribution in [2.45, 2.75) is 0 Å². The SMILES string of the molecule is O=C(NCCN1CCOCC1)c1ccc2nc(Nc3ncccn3)sc2c1. The standard InChI is InChI=1S/C18H20N6O2S/c25-16(19-6-7-24-8-10-26-11-9-24)13-2-3-14-15(12-13)27-18(22-14)23-17-20-4-1-5-21-17/h1-5,12H,6-11H2,(H,19,25)(H,20,21,22,23). The Hall–Kier alpha value is -2.62. The molecule has 1 aliphatic heterocycles. The van der Waals surface area contributed by atoms with Gasteiger partial charge in [-0.1, -0.05) is 11.3 Å². The maximum absolute atomic E-state index is 12.4. The van der Waals surface area contributed by atoms with Gasteiger partial charge in [0.15, 0.2) is 5.13 Å². The number of amides is 1. The molecule has 0 saturated carbocycles. The van der Waals surface area contributed by atoms with E-state index in [-0.39, 0.29) is 5.91 Å². The summed E-state index contributed by atoms with van der Waals surface area (Å²) in [5.74, 6) is 0.428. The predicted octanol–water partition coefficient (Wildman–Crippen LogP) is 1.89. The maximum atomic E-state index is 12.4. The molecule has 3 heterocycles. The van der Waals surface area contributed by atoms with Crippen LogP contribution in [0.25, 0.3) is 10.2 Å². The molecule has 9 heteroatoms. The van der Waals surface area contributed by atoms with E-state index in [1.54, 1.807) is 24.5 Å². The van der Waals surface area contributed by atoms with Crippen molar-refractivity contribution in [2.24, 2.45) is 0 Å². The first-order valence-electron chi connectivity index (χ1n) is 8.81. The topological polar surface area (TPSA) is 92.3 Å². The summed E-state index contributed by atoms with van der Waals surface area (Å²) in [5.41, 5.74) is 1.47. The fourth-order valence-corrected chi connectivity index (χ4v) is 3.73. The van der Waals surface area contributed by atoms with Crippen LogP contribution >= 0.6 is 11.3 Å². The summed E-state index contributed by atoms with van der Waals surface area (Å²) in [7, 11) is 0. The molecule has 1 amide bonds. The molecule has 2 aromatic heterocycles. The number of carbonyl (C=O) groups excluding carboxylic acids is 1. The molecule has 0 spiro atoms. The lowest BCUT2D eigenvalue weighted by Gasteiger charge is -2.26. The number of carbonyl (C=O) groups is 1. The van der Waals surface area contributed by atoms with Crippen LogP contribution in [0.4, 0.5) is 11.1 Å². The van der Waals surface area contributed by atoms with Gasteiger partial charge in [0.05, 0.1) is 23.4 Å². The molecule has 1 saturated heterocycles. The molecule has 3 aromatic rings. The van der Waals surface area contributed by atoms with Crippen LogP contribution in [0, 0.1) is 0 Å². The lowest BCUT2D eigenvalue weighted by atomic mass is 10.2. The smallest absolute Gasteiger partial charge is 0.251 e. The Kier molecular flexibility index (Phi) is 5.52. The zero-order valence-corrected chi connectivity index (χ0v) is 15.5. The Morgan fingerprint density at radius 2 is 2.04 bits per heavy atom. The number of hydrogen-bond donors (Lipinski definition) is 2. The molecule has 8 nitrogen and oxygen atoms in total. The van der Waals surface area contributed by atoms with E-state index < -0.39 is 0 Å². The van der Waals surface area contributed by atoms with E-state index in [0.29, 0.717) is 23.2 Å². The van der Waals surface area contributed by atoms with Gasteiger partial charge in [-0.25, -0.2) is 15.0 Å². The number of fused-ring (bicyclic) bond motifs is 1. The van der Waals surface area contributed by atoms with Gasteiger partial charge >= 0.3 is 0 Å². The van der Waals surface area contributed by atoms with E-state index in [0.717, 1.165) is 43.1 Å². The zero-order chi connectivity index (χ0) is 18.5. The van der Waals surface area contributed by atoms with Crippen LogP contribution in [0.1, 0.15) is 10.4 Å². The second-order valence-corrected chi connectivity index (χ2v) is 7.14. The van der Waals surface area contributed by atoms with Crippen LogP contribution in [-0.2, 0) is 4.74 Å². The van der Waals surface area contributed by atoms with Gasteiger partial charge in [-0.05, 0) is 24.3 Å². The van der Waals surface area contributed by atoms with Crippen LogP contribution in [0.2, 0.25) is 0 Å². The van der Waals surface area contributed by atoms with E-state index in [1.165, 1.54) is 11.3 Å². The second-order valence-electron chi connectivity index (χ2n) is 6.11. The van der Waals surface area contributed by atoms with Crippen molar-refractivity contribution in [2.75, 3.05) is 44.7 Å². The lowest BCUT2D eigenvalue weighted by Crippen LogP contribution is -2.41. The Bertz CT molecular complexity index is 911. The minimum atomic E-state index is -0.0699. The molecular formula is C18H20N6O2S. The summed E-state index contributed by atoms with van der Waals surface area (Å²) in [6.45, 7) is 4.83. The molecule has 2 N–H and O–H groups in total. The van der Waals surface area contributed by atoms with Gasteiger partial charge in [-0.2, -0.15) is 0 Å². The number of hydrogen-bond acceptors (Lipinski definition) is 8. The molecule has 0 atom stereocenters. The van der Waals surface area contributed by atoms with Gasteiger partial charge in [-0.15, -0.1) is 0 Å². The van der Waals surface area contributed by atoms with Crippen molar-refractivity contribution in [3.63, 3.8) is 0 Å². The number of benzene rings is 1. The van der Waals surface area contributed by atoms with Crippen LogP contribution in [0.3, 0.4) is 0 Å². The quantitative estimate of drug-likeness (QED) is 0.670. The van der Waals surface area contributed by atoms with E-state index in [4.69, 9.17) is 4.74 Å². The van der Waals surface area contributed by atoms with Crippen molar-refractivity contribution in [3.05, 3.63) is 42.2 Å². The monoisotopic (exact) mass is 384 g/mol. The molecule has 0 radical (unpaired) electrons. The molecule has 4 rings (SSSR count). The van der Waals surface area contributed by atoms with Crippen LogP contribution in [0.5, 0.6) is 0 Å². The highest BCUT2D eigenvalue weighted by Gasteiger charge is 2.12. The third-order valence-electron chi connectivity index (χ3n) is 4.25. The lowest BCUT2D eigenvalue weighted by molar-refractivity contribution is 0.0383. The number of ether oxygens (including phenoxy) is 1. The normalized spacial score (nSPS) is 15.0. The summed E-state index contributed by atoms with van der Waals surface area (Å²) >= 11 is 1.47. The summed E-state index contributed by atoms with van der Waals surface area (Å²) in [4.78, 5) is 27.5. The van der Waals surface area contributed by atoms with Crippen LogP contribution in [-0.4, -0.2) is 65.2 Å². The Morgan fingerprint density at radius 3 is 2.85 bits per heavy atom. The molecule has 1 aliphatic rings. The third-order valence-corrected chi connectivity index (χ3v) is 5.19. The third kappa shape index (κ3) is 4.57. The van der Waals surface area contributed by atoms with Crippen molar-refractivity contribution < 1.29 is 9.53 Å². The maximum Gasteiger partial charge on any atom is 0.251 e. The number of anilines is 2. The van der Waals surface area contributed by atoms with Gasteiger partial charge in [0.2, 0.25) is 5.95 Å². The second kappa shape index (κ2) is 8.38. The van der Waals surface area contributed by atoms with E-state index in [9.17, 15) is 4.79 Å². The highest BCUT2D eigenvalue weighted by atomic mass is 32.1. The number of nitrogens with one attached hydrogen (secondary N) is 2. The minimum Gasteiger partial charge on any atom is -0.379 e. The summed E-state index contributed by atoms with van der Waals surface area (Å²) < 4.78 is 6.27. The summed E-state index contributed by atoms with van der Waals surface area (Å²) in [6, 6.07) is 7.29. The highest BCUT2D eigenvalue weighted by molar-refractivity contribution is 7.22. The molecule has 0 aliphatic carbocycles. The summed E-state index contributed by atoms with van der Waals surface area (Å²) in [6.07, 6.45) is 3.34. The Balaban J connectivity index is 1.37. The number of aromatic nitrogens is 3. The first-order valence-corrected chi connectivity index (χ1v) is 9.62. The van der Waals surface area contributed by atoms with Crippen molar-refractivity contribution in [1.29, 1.82) is 0 Å². The molecule has 0 bridgehead atoms. The van der Waals surface area contributed by atoms with Gasteiger partial charge in [0.25, 0.3) is 5.91 Å². The van der Waals surface area contributed by atoms with Gasteiger partial charge in [0, 0.05) is 44.1 Å². The van der Waals surface area contributed by atoms with E-state index in [2.05, 4.69) is 30.5 Å². The van der Waals surface area contributed by atoms with Gasteiger partial charge < -0.3 is 15.4 Å². The van der Waals surface area contributed by atoms with Crippen LogP contribution in [0.15, 0.2) is 36.7 Å². The zero-order valence-electron chi connectivity index (χ0n) is 14.7. The first-order chi connectivity index (χ1) is 13.3. The molecule has 0 unspecified atom stereocenters. The number of thiazole rings is 1. The van der Waals surface area contributed by atoms with Gasteiger partial charge in [0.1, 0.15) is 0 Å². The van der Waals surface area contributed by atoms with E-state index >= 15 is 0 Å². The van der Waals surface area contributed by atoms with Crippen molar-refractivity contribution in [3.8, 4) is 0 Å². The molecule has 27 heavy (non-hydrogen) atoms. The number of morpholine rings is 1. The van der Waals surface area contributed by atoms with Crippen molar-refractivity contribution >= 4 is 38.5 Å². The van der Waals surface area contributed by atoms with Crippen molar-refractivity contribution in [1.82, 2.24) is 25.2 Å². The van der Waals surface area contributed by atoms with Crippen LogP contribution < -0.4 is 10.6 Å². The number of nitrogens with zero attached hydrogens (tertiary/aromatic N) is 4. The molecular weight excluding hydrogens is 364 g/mol. The average Bonchev–Trinajstić information content (AvgIpc) is 3.11. The largest absolute Gasteiger partial charge is 0.379 e. The Morgan fingerprint density at radius 1 is 1.22 bits per heavy atom. The Labute approximate surface area is 160 Å². The minimum absolute atomic E-state index is 0.0699. The first kappa shape index (κ1) is 17.8. The average molecular weight is 384 g/mol. The predicted molar refractivity (Wildman–Crippen MR) is 105 cm³/mol. The van der Waals surface area contributed by atoms with E-state index in [1.807, 2.05) is 12.1 Å². The highest BCUT2D eigenvalue weighted by Crippen LogP contribution is 2.28. The molecule has 1 fully saturated rings. The fourth-order valence-electron chi connectivity index (χ4n) is 2.83. The fraction of sp³-hybridized carbons (Fsp3) is 0.333.